The van der Waals surface area contributed by atoms with Gasteiger partial charge in [-0.3, -0.25) is 0 Å². The van der Waals surface area contributed by atoms with Crippen molar-refractivity contribution in [3.63, 3.8) is 0 Å². The maximum atomic E-state index is 12.1. The molecule has 4 nitrogen and oxygen atoms in total. The minimum absolute atomic E-state index is 0.278. The Hall–Kier alpha value is -1.56. The highest BCUT2D eigenvalue weighted by Gasteiger charge is 2.37. The van der Waals surface area contributed by atoms with Crippen molar-refractivity contribution >= 4 is 29.3 Å². The lowest BCUT2D eigenvalue weighted by molar-refractivity contribution is -0.146. The van der Waals surface area contributed by atoms with Gasteiger partial charge in [-0.2, -0.15) is 0 Å². The molecular weight excluding hydrogens is 308 g/mol. The van der Waals surface area contributed by atoms with Crippen molar-refractivity contribution in [2.45, 2.75) is 10.6 Å². The van der Waals surface area contributed by atoms with Gasteiger partial charge in [0.15, 0.2) is 0 Å². The summed E-state index contributed by atoms with van der Waals surface area (Å²) in [6.45, 7) is 0. The van der Waals surface area contributed by atoms with Gasteiger partial charge >= 0.3 is 5.97 Å². The van der Waals surface area contributed by atoms with Gasteiger partial charge in [-0.15, -0.1) is 11.8 Å². The number of carbonyl (C=O) groups is 1. The van der Waals surface area contributed by atoms with E-state index < -0.39 is 11.5 Å². The maximum Gasteiger partial charge on any atom is 0.331 e. The van der Waals surface area contributed by atoms with Crippen molar-refractivity contribution in [1.29, 1.82) is 0 Å². The number of rotatable bonds is 5. The van der Waals surface area contributed by atoms with Crippen molar-refractivity contribution in [1.82, 2.24) is 4.98 Å². The molecule has 0 saturated carbocycles. The van der Waals surface area contributed by atoms with Crippen LogP contribution in [0.4, 0.5) is 0 Å². The second kappa shape index (κ2) is 6.93. The molecule has 0 aliphatic heterocycles. The Morgan fingerprint density at radius 2 is 2.05 bits per heavy atom. The van der Waals surface area contributed by atoms with Gasteiger partial charge < -0.3 is 10.5 Å². The first-order valence-electron chi connectivity index (χ1n) is 6.24. The monoisotopic (exact) mass is 322 g/mol. The van der Waals surface area contributed by atoms with Crippen LogP contribution in [0, 0.1) is 0 Å². The summed E-state index contributed by atoms with van der Waals surface area (Å²) < 4.78 is 4.86. The zero-order valence-corrected chi connectivity index (χ0v) is 13.0. The third-order valence-corrected chi connectivity index (χ3v) is 4.62. The topological polar surface area (TPSA) is 65.2 Å². The first-order chi connectivity index (χ1) is 10.1. The van der Waals surface area contributed by atoms with E-state index in [0.717, 1.165) is 0 Å². The lowest BCUT2D eigenvalue weighted by Crippen LogP contribution is -2.48. The van der Waals surface area contributed by atoms with Crippen LogP contribution in [0.3, 0.4) is 0 Å². The fourth-order valence-corrected chi connectivity index (χ4v) is 3.11. The van der Waals surface area contributed by atoms with Crippen molar-refractivity contribution in [3.05, 3.63) is 59.2 Å². The fourth-order valence-electron chi connectivity index (χ4n) is 1.84. The molecule has 1 atom stereocenters. The van der Waals surface area contributed by atoms with E-state index in [2.05, 4.69) is 4.98 Å². The quantitative estimate of drug-likeness (QED) is 0.677. The predicted molar refractivity (Wildman–Crippen MR) is 84.3 cm³/mol. The number of methoxy groups -OCH3 is 1. The van der Waals surface area contributed by atoms with Crippen LogP contribution in [-0.4, -0.2) is 23.8 Å². The Labute approximate surface area is 132 Å². The molecule has 0 radical (unpaired) electrons. The number of nitrogens with two attached hydrogens (primary N) is 1. The van der Waals surface area contributed by atoms with E-state index in [1.807, 2.05) is 18.2 Å². The Kier molecular flexibility index (Phi) is 5.22. The summed E-state index contributed by atoms with van der Waals surface area (Å²) >= 11 is 7.40. The van der Waals surface area contributed by atoms with Crippen LogP contribution in [0.5, 0.6) is 0 Å². The standard InChI is InChI=1S/C15H15ClN2O2S/c1-20-14(19)15(17,11-6-3-2-4-7-11)10-21-13-12(16)8-5-9-18-13/h2-9H,10,17H2,1H3. The molecule has 21 heavy (non-hydrogen) atoms. The van der Waals surface area contributed by atoms with Crippen LogP contribution in [-0.2, 0) is 15.1 Å². The number of thioether (sulfide) groups is 1. The van der Waals surface area contributed by atoms with Gasteiger partial charge in [-0.1, -0.05) is 41.9 Å². The average molecular weight is 323 g/mol. The first kappa shape index (κ1) is 15.8. The van der Waals surface area contributed by atoms with E-state index in [1.54, 1.807) is 30.5 Å². The van der Waals surface area contributed by atoms with Gasteiger partial charge in [-0.25, -0.2) is 9.78 Å². The number of pyridine rings is 1. The molecule has 1 unspecified atom stereocenters. The molecule has 0 fully saturated rings. The van der Waals surface area contributed by atoms with Crippen LogP contribution in [0.1, 0.15) is 5.56 Å². The highest BCUT2D eigenvalue weighted by molar-refractivity contribution is 7.99. The lowest BCUT2D eigenvalue weighted by atomic mass is 9.93. The Morgan fingerprint density at radius 1 is 1.33 bits per heavy atom. The fraction of sp³-hybridized carbons (Fsp3) is 0.200. The molecule has 2 aromatic rings. The van der Waals surface area contributed by atoms with Gasteiger partial charge in [-0.05, 0) is 17.7 Å². The van der Waals surface area contributed by atoms with E-state index in [4.69, 9.17) is 22.1 Å². The molecule has 0 saturated heterocycles. The van der Waals surface area contributed by atoms with E-state index in [9.17, 15) is 4.79 Å². The molecule has 2 rings (SSSR count). The SMILES string of the molecule is COC(=O)C(N)(CSc1ncccc1Cl)c1ccccc1. The molecule has 110 valence electrons. The number of ether oxygens (including phenoxy) is 1. The molecule has 0 spiro atoms. The van der Waals surface area contributed by atoms with Crippen LogP contribution in [0.2, 0.25) is 5.02 Å². The predicted octanol–water partition coefficient (Wildman–Crippen LogP) is 2.85. The molecule has 0 aliphatic carbocycles. The normalized spacial score (nSPS) is 13.5. The molecule has 1 aromatic heterocycles. The van der Waals surface area contributed by atoms with E-state index >= 15 is 0 Å². The van der Waals surface area contributed by atoms with Gasteiger partial charge in [0.25, 0.3) is 0 Å². The van der Waals surface area contributed by atoms with Crippen molar-refractivity contribution in [3.8, 4) is 0 Å². The first-order valence-corrected chi connectivity index (χ1v) is 7.60. The lowest BCUT2D eigenvalue weighted by Gasteiger charge is -2.26. The zero-order valence-electron chi connectivity index (χ0n) is 11.5. The molecule has 0 amide bonds. The van der Waals surface area contributed by atoms with E-state index in [1.165, 1.54) is 18.9 Å². The molecule has 2 N–H and O–H groups in total. The number of carbonyl (C=O) groups excluding carboxylic acids is 1. The summed E-state index contributed by atoms with van der Waals surface area (Å²) in [5.41, 5.74) is 5.75. The summed E-state index contributed by atoms with van der Waals surface area (Å²) in [5.74, 6) is -0.214. The minimum atomic E-state index is -1.25. The summed E-state index contributed by atoms with van der Waals surface area (Å²) in [7, 11) is 1.32. The number of hydrogen-bond donors (Lipinski definition) is 1. The summed E-state index contributed by atoms with van der Waals surface area (Å²) in [6, 6.07) is 12.6. The Morgan fingerprint density at radius 3 is 2.67 bits per heavy atom. The number of esters is 1. The molecule has 1 aromatic carbocycles. The number of nitrogens with zero attached hydrogens (tertiary/aromatic N) is 1. The molecule has 0 aliphatic rings. The highest BCUT2D eigenvalue weighted by atomic mass is 35.5. The number of aromatic nitrogens is 1. The summed E-state index contributed by atoms with van der Waals surface area (Å²) in [5, 5.41) is 1.16. The second-order valence-corrected chi connectivity index (χ2v) is 5.78. The van der Waals surface area contributed by atoms with Crippen molar-refractivity contribution in [2.24, 2.45) is 5.73 Å². The smallest absolute Gasteiger partial charge is 0.331 e. The number of halogens is 1. The highest BCUT2D eigenvalue weighted by Crippen LogP contribution is 2.31. The van der Waals surface area contributed by atoms with Gasteiger partial charge in [0, 0.05) is 11.9 Å². The zero-order chi connectivity index (χ0) is 15.3. The average Bonchev–Trinajstić information content (AvgIpc) is 2.54. The van der Waals surface area contributed by atoms with Crippen LogP contribution >= 0.6 is 23.4 Å². The van der Waals surface area contributed by atoms with Gasteiger partial charge in [0.2, 0.25) is 0 Å². The molecular formula is C15H15ClN2O2S. The number of benzene rings is 1. The largest absolute Gasteiger partial charge is 0.467 e. The van der Waals surface area contributed by atoms with E-state index in [-0.39, 0.29) is 5.75 Å². The summed E-state index contributed by atoms with van der Waals surface area (Å²) in [4.78, 5) is 16.3. The molecule has 6 heteroatoms. The summed E-state index contributed by atoms with van der Waals surface area (Å²) in [6.07, 6.45) is 1.65. The van der Waals surface area contributed by atoms with Crippen molar-refractivity contribution in [2.75, 3.05) is 12.9 Å². The van der Waals surface area contributed by atoms with Crippen LogP contribution < -0.4 is 5.73 Å². The third kappa shape index (κ3) is 3.56. The minimum Gasteiger partial charge on any atom is -0.467 e. The van der Waals surface area contributed by atoms with Crippen LogP contribution in [0.25, 0.3) is 0 Å². The molecule has 0 bridgehead atoms. The van der Waals surface area contributed by atoms with Gasteiger partial charge in [0.1, 0.15) is 10.6 Å². The second-order valence-electron chi connectivity index (χ2n) is 4.41. The Balaban J connectivity index is 2.26. The third-order valence-electron chi connectivity index (χ3n) is 3.00. The van der Waals surface area contributed by atoms with Gasteiger partial charge in [0.05, 0.1) is 12.1 Å². The Bertz CT molecular complexity index is 624. The van der Waals surface area contributed by atoms with Crippen LogP contribution in [0.15, 0.2) is 53.7 Å². The van der Waals surface area contributed by atoms with E-state index in [0.29, 0.717) is 15.6 Å². The maximum absolute atomic E-state index is 12.1. The molecule has 1 heterocycles. The van der Waals surface area contributed by atoms with Crippen molar-refractivity contribution < 1.29 is 9.53 Å². The number of hydrogen-bond acceptors (Lipinski definition) is 5.